The molecule has 0 saturated carbocycles. The largest absolute Gasteiger partial charge is 0.507 e. The second-order valence-electron chi connectivity index (χ2n) is 3.00. The highest BCUT2D eigenvalue weighted by molar-refractivity contribution is 14.1. The summed E-state index contributed by atoms with van der Waals surface area (Å²) in [5, 5.41) is 9.26. The first-order chi connectivity index (χ1) is 6.50. The van der Waals surface area contributed by atoms with Crippen LogP contribution in [0.4, 0.5) is 0 Å². The predicted octanol–water partition coefficient (Wildman–Crippen LogP) is 0.352. The Bertz CT molecular complexity index is 355. The van der Waals surface area contributed by atoms with Gasteiger partial charge in [-0.05, 0) is 46.7 Å². The van der Waals surface area contributed by atoms with Crippen LogP contribution in [0.5, 0.6) is 5.75 Å². The van der Waals surface area contributed by atoms with Crippen LogP contribution in [0, 0.1) is 3.57 Å². The molecule has 5 heteroatoms. The number of primary amides is 1. The minimum absolute atomic E-state index is 0.224. The minimum atomic E-state index is -0.671. The van der Waals surface area contributed by atoms with E-state index >= 15 is 0 Å². The Kier molecular flexibility index (Phi) is 3.70. The molecule has 0 saturated heterocycles. The highest BCUT2D eigenvalue weighted by atomic mass is 127. The standard InChI is InChI=1S/C9H11IN2O2/c10-6-3-5(1-2-8(6)13)4-7(11)9(12)14/h1-3,7,13H,4,11H2,(H2,12,14). The van der Waals surface area contributed by atoms with Crippen molar-refractivity contribution in [3.05, 3.63) is 27.3 Å². The van der Waals surface area contributed by atoms with E-state index in [1.54, 1.807) is 18.2 Å². The molecule has 76 valence electrons. The van der Waals surface area contributed by atoms with Crippen LogP contribution in [0.15, 0.2) is 18.2 Å². The molecule has 5 N–H and O–H groups in total. The highest BCUT2D eigenvalue weighted by Crippen LogP contribution is 2.20. The fraction of sp³-hybridized carbons (Fsp3) is 0.222. The van der Waals surface area contributed by atoms with E-state index in [0.29, 0.717) is 6.42 Å². The van der Waals surface area contributed by atoms with E-state index in [1.807, 2.05) is 22.6 Å². The van der Waals surface area contributed by atoms with Gasteiger partial charge in [-0.15, -0.1) is 0 Å². The topological polar surface area (TPSA) is 89.3 Å². The summed E-state index contributed by atoms with van der Waals surface area (Å²) in [6.45, 7) is 0. The number of carbonyl (C=O) groups is 1. The van der Waals surface area contributed by atoms with Gasteiger partial charge in [0.15, 0.2) is 0 Å². The van der Waals surface area contributed by atoms with Crippen LogP contribution < -0.4 is 11.5 Å². The van der Waals surface area contributed by atoms with Crippen molar-refractivity contribution in [1.82, 2.24) is 0 Å². The summed E-state index contributed by atoms with van der Waals surface area (Å²) in [5.41, 5.74) is 11.4. The number of phenols is 1. The third kappa shape index (κ3) is 2.85. The van der Waals surface area contributed by atoms with Crippen LogP contribution in [0.1, 0.15) is 5.56 Å². The van der Waals surface area contributed by atoms with Crippen LogP contribution in [-0.4, -0.2) is 17.1 Å². The molecule has 0 aliphatic rings. The maximum Gasteiger partial charge on any atom is 0.234 e. The smallest absolute Gasteiger partial charge is 0.234 e. The minimum Gasteiger partial charge on any atom is -0.507 e. The Morgan fingerprint density at radius 3 is 2.71 bits per heavy atom. The van der Waals surface area contributed by atoms with E-state index in [0.717, 1.165) is 9.13 Å². The summed E-state index contributed by atoms with van der Waals surface area (Å²) in [4.78, 5) is 10.7. The highest BCUT2D eigenvalue weighted by Gasteiger charge is 2.10. The van der Waals surface area contributed by atoms with E-state index in [4.69, 9.17) is 11.5 Å². The van der Waals surface area contributed by atoms with E-state index in [9.17, 15) is 9.90 Å². The molecule has 0 heterocycles. The molecule has 0 radical (unpaired) electrons. The van der Waals surface area contributed by atoms with Crippen molar-refractivity contribution < 1.29 is 9.90 Å². The van der Waals surface area contributed by atoms with Crippen LogP contribution in [0.3, 0.4) is 0 Å². The van der Waals surface area contributed by atoms with Crippen LogP contribution >= 0.6 is 22.6 Å². The van der Waals surface area contributed by atoms with Gasteiger partial charge in [-0.25, -0.2) is 0 Å². The lowest BCUT2D eigenvalue weighted by Crippen LogP contribution is -2.38. The zero-order valence-electron chi connectivity index (χ0n) is 7.40. The number of hydrogen-bond acceptors (Lipinski definition) is 3. The molecular weight excluding hydrogens is 295 g/mol. The number of benzene rings is 1. The van der Waals surface area contributed by atoms with Crippen molar-refractivity contribution in [2.75, 3.05) is 0 Å². The van der Waals surface area contributed by atoms with Crippen molar-refractivity contribution in [1.29, 1.82) is 0 Å². The van der Waals surface area contributed by atoms with E-state index in [-0.39, 0.29) is 5.75 Å². The fourth-order valence-corrected chi connectivity index (χ4v) is 1.61. The number of carbonyl (C=O) groups excluding carboxylic acids is 1. The van der Waals surface area contributed by atoms with E-state index in [2.05, 4.69) is 0 Å². The molecule has 1 aromatic rings. The zero-order chi connectivity index (χ0) is 10.7. The lowest BCUT2D eigenvalue weighted by Gasteiger charge is -2.07. The molecule has 1 aromatic carbocycles. The average molecular weight is 306 g/mol. The van der Waals surface area contributed by atoms with Crippen LogP contribution in [0.25, 0.3) is 0 Å². The summed E-state index contributed by atoms with van der Waals surface area (Å²) >= 11 is 2.01. The second kappa shape index (κ2) is 4.61. The molecule has 0 spiro atoms. The Balaban J connectivity index is 2.78. The Morgan fingerprint density at radius 2 is 2.21 bits per heavy atom. The van der Waals surface area contributed by atoms with Gasteiger partial charge < -0.3 is 16.6 Å². The third-order valence-electron chi connectivity index (χ3n) is 1.83. The molecule has 0 aliphatic carbocycles. The summed E-state index contributed by atoms with van der Waals surface area (Å²) in [7, 11) is 0. The lowest BCUT2D eigenvalue weighted by atomic mass is 10.1. The van der Waals surface area contributed by atoms with Crippen molar-refractivity contribution in [2.45, 2.75) is 12.5 Å². The zero-order valence-corrected chi connectivity index (χ0v) is 9.56. The van der Waals surface area contributed by atoms with Gasteiger partial charge >= 0.3 is 0 Å². The number of hydrogen-bond donors (Lipinski definition) is 3. The average Bonchev–Trinajstić information content (AvgIpc) is 2.11. The number of phenolic OH excluding ortho intramolecular Hbond substituents is 1. The van der Waals surface area contributed by atoms with Gasteiger partial charge in [0.25, 0.3) is 0 Å². The summed E-state index contributed by atoms with van der Waals surface area (Å²) in [6.07, 6.45) is 0.394. The molecule has 1 amide bonds. The maximum absolute atomic E-state index is 10.7. The Hall–Kier alpha value is -0.820. The fourth-order valence-electron chi connectivity index (χ4n) is 1.03. The van der Waals surface area contributed by atoms with E-state index in [1.165, 1.54) is 0 Å². The predicted molar refractivity (Wildman–Crippen MR) is 61.7 cm³/mol. The summed E-state index contributed by atoms with van der Waals surface area (Å²) in [6, 6.07) is 4.40. The van der Waals surface area contributed by atoms with Gasteiger partial charge in [-0.3, -0.25) is 4.79 Å². The maximum atomic E-state index is 10.7. The van der Waals surface area contributed by atoms with Crippen LogP contribution in [-0.2, 0) is 11.2 Å². The first-order valence-corrected chi connectivity index (χ1v) is 5.11. The van der Waals surface area contributed by atoms with Gasteiger partial charge in [-0.2, -0.15) is 0 Å². The summed E-state index contributed by atoms with van der Waals surface area (Å²) < 4.78 is 0.733. The lowest BCUT2D eigenvalue weighted by molar-refractivity contribution is -0.119. The van der Waals surface area contributed by atoms with Crippen molar-refractivity contribution in [2.24, 2.45) is 11.5 Å². The Labute approximate surface area is 95.4 Å². The van der Waals surface area contributed by atoms with Crippen molar-refractivity contribution >= 4 is 28.5 Å². The molecule has 1 atom stereocenters. The second-order valence-corrected chi connectivity index (χ2v) is 4.16. The molecule has 1 rings (SSSR count). The molecule has 1 unspecified atom stereocenters. The molecule has 14 heavy (non-hydrogen) atoms. The van der Waals surface area contributed by atoms with Crippen molar-refractivity contribution in [3.8, 4) is 5.75 Å². The summed E-state index contributed by atoms with van der Waals surface area (Å²) in [5.74, 6) is -0.296. The Morgan fingerprint density at radius 1 is 1.57 bits per heavy atom. The molecular formula is C9H11IN2O2. The first kappa shape index (κ1) is 11.3. The number of nitrogens with two attached hydrogens (primary N) is 2. The first-order valence-electron chi connectivity index (χ1n) is 4.03. The number of halogens is 1. The molecule has 0 fully saturated rings. The van der Waals surface area contributed by atoms with Gasteiger partial charge in [0.05, 0.1) is 9.61 Å². The third-order valence-corrected chi connectivity index (χ3v) is 2.70. The van der Waals surface area contributed by atoms with Gasteiger partial charge in [0.2, 0.25) is 5.91 Å². The molecule has 0 bridgehead atoms. The molecule has 4 nitrogen and oxygen atoms in total. The molecule has 0 aliphatic heterocycles. The number of aromatic hydroxyl groups is 1. The van der Waals surface area contributed by atoms with E-state index < -0.39 is 11.9 Å². The number of amides is 1. The van der Waals surface area contributed by atoms with Gasteiger partial charge in [0.1, 0.15) is 5.75 Å². The normalized spacial score (nSPS) is 12.4. The van der Waals surface area contributed by atoms with Crippen LogP contribution in [0.2, 0.25) is 0 Å². The van der Waals surface area contributed by atoms with Crippen molar-refractivity contribution in [3.63, 3.8) is 0 Å². The van der Waals surface area contributed by atoms with Gasteiger partial charge in [0, 0.05) is 0 Å². The van der Waals surface area contributed by atoms with Gasteiger partial charge in [-0.1, -0.05) is 6.07 Å². The molecule has 0 aromatic heterocycles. The SMILES string of the molecule is NC(=O)C(N)Cc1ccc(O)c(I)c1. The monoisotopic (exact) mass is 306 g/mol. The quantitative estimate of drug-likeness (QED) is 0.704. The number of rotatable bonds is 3.